The van der Waals surface area contributed by atoms with Crippen molar-refractivity contribution in [2.75, 3.05) is 0 Å². The summed E-state index contributed by atoms with van der Waals surface area (Å²) in [5.74, 6) is -1.33. The van der Waals surface area contributed by atoms with Crippen molar-refractivity contribution in [2.24, 2.45) is 5.92 Å². The normalized spacial score (nSPS) is 11.4. The maximum absolute atomic E-state index is 10.2. The molecule has 2 aromatic carbocycles. The Labute approximate surface area is 166 Å². The predicted octanol–water partition coefficient (Wildman–Crippen LogP) is 3.93. The summed E-state index contributed by atoms with van der Waals surface area (Å²) in [6, 6.07) is 16.6. The van der Waals surface area contributed by atoms with Gasteiger partial charge in [-0.05, 0) is 50.5 Å². The number of rotatable bonds is 5. The van der Waals surface area contributed by atoms with Crippen LogP contribution in [0.2, 0.25) is 0 Å². The van der Waals surface area contributed by atoms with E-state index in [1.54, 1.807) is 74.5 Å². The minimum absolute atomic E-state index is 0.331. The van der Waals surface area contributed by atoms with Crippen LogP contribution >= 0.6 is 0 Å². The molecule has 1 unspecified atom stereocenters. The van der Waals surface area contributed by atoms with Crippen LogP contribution < -0.4 is 0 Å². The highest BCUT2D eigenvalue weighted by molar-refractivity contribution is 5.87. The van der Waals surface area contributed by atoms with E-state index in [2.05, 4.69) is 0 Å². The van der Waals surface area contributed by atoms with Crippen LogP contribution in [-0.2, 0) is 0 Å². The van der Waals surface area contributed by atoms with Crippen LogP contribution in [0, 0.1) is 5.92 Å². The van der Waals surface area contributed by atoms with Crippen molar-refractivity contribution in [1.29, 1.82) is 0 Å². The van der Waals surface area contributed by atoms with Gasteiger partial charge in [0, 0.05) is 0 Å². The average Bonchev–Trinajstić information content (AvgIpc) is 2.63. The highest BCUT2D eigenvalue weighted by Crippen LogP contribution is 2.15. The maximum atomic E-state index is 10.2. The second-order valence-corrected chi connectivity index (χ2v) is 7.14. The number of aliphatic hydroxyl groups excluding tert-OH is 1. The van der Waals surface area contributed by atoms with E-state index < -0.39 is 23.6 Å². The summed E-state index contributed by atoms with van der Waals surface area (Å²) >= 11 is 0. The van der Waals surface area contributed by atoms with Crippen molar-refractivity contribution in [3.8, 4) is 0 Å². The Morgan fingerprint density at radius 3 is 1.29 bits per heavy atom. The van der Waals surface area contributed by atoms with E-state index >= 15 is 0 Å². The second-order valence-electron chi connectivity index (χ2n) is 7.14. The number of aliphatic hydroxyl groups is 2. The Morgan fingerprint density at radius 2 is 1.14 bits per heavy atom. The minimum atomic E-state index is -0.954. The minimum Gasteiger partial charge on any atom is -0.478 e. The summed E-state index contributed by atoms with van der Waals surface area (Å²) in [5, 5.41) is 35.4. The lowest BCUT2D eigenvalue weighted by molar-refractivity contribution is -0.0564. The van der Waals surface area contributed by atoms with Crippen LogP contribution in [0.25, 0.3) is 0 Å². The molecule has 0 bridgehead atoms. The highest BCUT2D eigenvalue weighted by Gasteiger charge is 2.24. The first-order valence-electron chi connectivity index (χ1n) is 8.92. The average molecular weight is 390 g/mol. The third-order valence-electron chi connectivity index (χ3n) is 3.55. The summed E-state index contributed by atoms with van der Waals surface area (Å²) in [7, 11) is 0. The van der Waals surface area contributed by atoms with Crippen molar-refractivity contribution in [3.63, 3.8) is 0 Å². The summed E-state index contributed by atoms with van der Waals surface area (Å²) in [4.78, 5) is 20.4. The molecule has 6 heteroatoms. The molecule has 0 aromatic heterocycles. The molecule has 154 valence electrons. The SMILES string of the molecule is CC(C)CC(O)C(C)(C)O.O=C(O)c1ccccc1.O=C(O)c1ccccc1. The van der Waals surface area contributed by atoms with Crippen molar-refractivity contribution in [2.45, 2.75) is 45.8 Å². The maximum Gasteiger partial charge on any atom is 0.335 e. The fourth-order valence-corrected chi connectivity index (χ4v) is 1.90. The zero-order valence-corrected chi connectivity index (χ0v) is 16.7. The van der Waals surface area contributed by atoms with E-state index in [9.17, 15) is 19.8 Å². The Hall–Kier alpha value is -2.70. The van der Waals surface area contributed by atoms with Crippen LogP contribution in [0.4, 0.5) is 0 Å². The summed E-state index contributed by atoms with van der Waals surface area (Å²) in [6.07, 6.45) is 0.0521. The zero-order valence-electron chi connectivity index (χ0n) is 16.7. The standard InChI is InChI=1S/C8H18O2.2C7H6O2/c1-6(2)5-7(9)8(3,4)10;2*8-7(9)6-4-2-1-3-5-6/h6-7,9-10H,5H2,1-4H3;2*1-5H,(H,8,9). The van der Waals surface area contributed by atoms with Gasteiger partial charge in [-0.3, -0.25) is 0 Å². The summed E-state index contributed by atoms with van der Waals surface area (Å²) in [6.45, 7) is 7.30. The number of carbonyl (C=O) groups is 2. The molecule has 0 aliphatic carbocycles. The molecule has 0 aliphatic rings. The Kier molecular flexibility index (Phi) is 11.4. The lowest BCUT2D eigenvalue weighted by Crippen LogP contribution is -2.36. The first-order valence-corrected chi connectivity index (χ1v) is 8.92. The lowest BCUT2D eigenvalue weighted by Gasteiger charge is -2.25. The Balaban J connectivity index is 0.000000391. The number of hydrogen-bond acceptors (Lipinski definition) is 4. The van der Waals surface area contributed by atoms with E-state index in [0.717, 1.165) is 0 Å². The number of aromatic carboxylic acids is 2. The van der Waals surface area contributed by atoms with E-state index in [1.165, 1.54) is 0 Å². The molecule has 4 N–H and O–H groups in total. The first kappa shape index (κ1) is 25.3. The van der Waals surface area contributed by atoms with Crippen LogP contribution in [0.3, 0.4) is 0 Å². The molecule has 0 radical (unpaired) electrons. The third kappa shape index (κ3) is 11.8. The number of carboxylic acid groups (broad SMARTS) is 2. The van der Waals surface area contributed by atoms with Crippen molar-refractivity contribution < 1.29 is 30.0 Å². The molecule has 6 nitrogen and oxygen atoms in total. The fourth-order valence-electron chi connectivity index (χ4n) is 1.90. The fraction of sp³-hybridized carbons (Fsp3) is 0.364. The van der Waals surface area contributed by atoms with Gasteiger partial charge >= 0.3 is 11.9 Å². The van der Waals surface area contributed by atoms with E-state index in [4.69, 9.17) is 10.2 Å². The largest absolute Gasteiger partial charge is 0.478 e. The molecular formula is C22H30O6. The third-order valence-corrected chi connectivity index (χ3v) is 3.55. The van der Waals surface area contributed by atoms with Crippen LogP contribution in [0.15, 0.2) is 60.7 Å². The monoisotopic (exact) mass is 390 g/mol. The molecule has 0 heterocycles. The molecule has 0 amide bonds. The first-order chi connectivity index (χ1) is 12.9. The van der Waals surface area contributed by atoms with Gasteiger partial charge in [0.1, 0.15) is 0 Å². The van der Waals surface area contributed by atoms with Gasteiger partial charge in [0.05, 0.1) is 22.8 Å². The van der Waals surface area contributed by atoms with Crippen LogP contribution in [-0.4, -0.2) is 44.1 Å². The molecule has 2 aromatic rings. The molecule has 0 fully saturated rings. The molecule has 0 spiro atoms. The van der Waals surface area contributed by atoms with Gasteiger partial charge in [-0.2, -0.15) is 0 Å². The van der Waals surface area contributed by atoms with Crippen molar-refractivity contribution in [1.82, 2.24) is 0 Å². The molecule has 0 saturated heterocycles. The van der Waals surface area contributed by atoms with Gasteiger partial charge in [0.25, 0.3) is 0 Å². The predicted molar refractivity (Wildman–Crippen MR) is 109 cm³/mol. The van der Waals surface area contributed by atoms with E-state index in [1.807, 2.05) is 13.8 Å². The Morgan fingerprint density at radius 1 is 0.821 bits per heavy atom. The topological polar surface area (TPSA) is 115 Å². The van der Waals surface area contributed by atoms with Gasteiger partial charge in [-0.15, -0.1) is 0 Å². The summed E-state index contributed by atoms with van der Waals surface area (Å²) < 4.78 is 0. The quantitative estimate of drug-likeness (QED) is 0.615. The van der Waals surface area contributed by atoms with E-state index in [-0.39, 0.29) is 0 Å². The highest BCUT2D eigenvalue weighted by atomic mass is 16.4. The smallest absolute Gasteiger partial charge is 0.335 e. The Bertz CT molecular complexity index is 640. The zero-order chi connectivity index (χ0) is 21.7. The molecule has 2 rings (SSSR count). The van der Waals surface area contributed by atoms with Gasteiger partial charge in [-0.25, -0.2) is 9.59 Å². The molecule has 0 saturated carbocycles. The van der Waals surface area contributed by atoms with Crippen molar-refractivity contribution in [3.05, 3.63) is 71.8 Å². The van der Waals surface area contributed by atoms with Gasteiger partial charge in [0.15, 0.2) is 0 Å². The molecular weight excluding hydrogens is 360 g/mol. The number of benzene rings is 2. The molecule has 28 heavy (non-hydrogen) atoms. The lowest BCUT2D eigenvalue weighted by atomic mass is 9.94. The van der Waals surface area contributed by atoms with Crippen LogP contribution in [0.5, 0.6) is 0 Å². The number of carboxylic acids is 2. The van der Waals surface area contributed by atoms with Crippen molar-refractivity contribution >= 4 is 11.9 Å². The molecule has 0 aliphatic heterocycles. The van der Waals surface area contributed by atoms with Gasteiger partial charge in [-0.1, -0.05) is 50.2 Å². The van der Waals surface area contributed by atoms with Gasteiger partial charge < -0.3 is 20.4 Å². The second kappa shape index (κ2) is 12.6. The number of hydrogen-bond donors (Lipinski definition) is 4. The van der Waals surface area contributed by atoms with Gasteiger partial charge in [0.2, 0.25) is 0 Å². The summed E-state index contributed by atoms with van der Waals surface area (Å²) in [5.41, 5.74) is -0.292. The molecule has 1 atom stereocenters. The van der Waals surface area contributed by atoms with Crippen LogP contribution in [0.1, 0.15) is 54.8 Å². The van der Waals surface area contributed by atoms with E-state index in [0.29, 0.717) is 23.5 Å².